The predicted octanol–water partition coefficient (Wildman–Crippen LogP) is 29.9. The van der Waals surface area contributed by atoms with Gasteiger partial charge in [0, 0.05) is 34.1 Å². The Morgan fingerprint density at radius 2 is 0.306 bits per heavy atom. The van der Waals surface area contributed by atoms with Crippen molar-refractivity contribution in [3.8, 4) is 100 Å². The van der Waals surface area contributed by atoms with Crippen LogP contribution in [-0.4, -0.2) is 0 Å². The van der Waals surface area contributed by atoms with E-state index in [0.717, 1.165) is 34.1 Å². The van der Waals surface area contributed by atoms with E-state index in [2.05, 4.69) is 459 Å². The Morgan fingerprint density at radius 1 is 0.111 bits per heavy atom. The molecule has 19 aromatic rings. The summed E-state index contributed by atoms with van der Waals surface area (Å²) in [7, 11) is 0. The van der Waals surface area contributed by atoms with Gasteiger partial charge in [-0.15, -0.1) is 0 Å². The topological polar surface area (TPSA) is 6.48 Å². The number of nitrogens with zero attached hydrogens (tertiary/aromatic N) is 2. The lowest BCUT2D eigenvalue weighted by Gasteiger charge is -2.26. The summed E-state index contributed by atoms with van der Waals surface area (Å²) in [5.41, 5.74) is 28.4. The third-order valence-corrected chi connectivity index (χ3v) is 21.0. The monoisotopic (exact) mass is 1370 g/mol. The van der Waals surface area contributed by atoms with Gasteiger partial charge >= 0.3 is 0 Å². The number of benzene rings is 19. The predicted molar refractivity (Wildman–Crippen MR) is 461 cm³/mol. The minimum Gasteiger partial charge on any atom is -0.311 e. The van der Waals surface area contributed by atoms with Crippen molar-refractivity contribution < 1.29 is 0 Å². The van der Waals surface area contributed by atoms with Crippen molar-refractivity contribution in [3.05, 3.63) is 449 Å². The van der Waals surface area contributed by atoms with Crippen molar-refractivity contribution in [2.45, 2.75) is 0 Å². The highest BCUT2D eigenvalue weighted by Gasteiger charge is 2.18. The van der Waals surface area contributed by atoms with Gasteiger partial charge in [0.25, 0.3) is 0 Å². The summed E-state index contributed by atoms with van der Waals surface area (Å²) in [6.07, 6.45) is 0. The number of hydrogen-bond donors (Lipinski definition) is 0. The molecule has 2 heteroatoms. The largest absolute Gasteiger partial charge is 0.311 e. The highest BCUT2D eigenvalue weighted by molar-refractivity contribution is 5.99. The van der Waals surface area contributed by atoms with Crippen LogP contribution >= 0.6 is 0 Å². The van der Waals surface area contributed by atoms with Gasteiger partial charge in [0.1, 0.15) is 0 Å². The molecule has 0 aliphatic heterocycles. The SMILES string of the molecule is c1ccc(-c2ccc(N(c3ccc(-c4ccc(-c5ccc6ccccc6c5)cc4)cc3)c3ccc(-c4ccc(-c5cccc6ccccc56)cc4)cc3)cc2)cc1.c1ccc(-c2ccc(N(c3ccc(-c4ccc(-c5cccc6ccccc56)cc4)cc3)c3ccc(-c4ccc5ccccc5c4)cc3)cc2)cc1. The van der Waals surface area contributed by atoms with Crippen LogP contribution in [0.3, 0.4) is 0 Å². The molecule has 2 nitrogen and oxygen atoms in total. The second kappa shape index (κ2) is 29.9. The molecule has 0 N–H and O–H groups in total. The van der Waals surface area contributed by atoms with Crippen molar-refractivity contribution in [3.63, 3.8) is 0 Å². The van der Waals surface area contributed by atoms with Crippen molar-refractivity contribution >= 4 is 77.2 Å². The molecule has 0 saturated carbocycles. The fourth-order valence-corrected chi connectivity index (χ4v) is 15.2. The highest BCUT2D eigenvalue weighted by atomic mass is 15.1. The number of fused-ring (bicyclic) bond motifs is 4. The molecule has 0 unspecified atom stereocenters. The molecule has 19 aromatic carbocycles. The number of rotatable bonds is 15. The Labute approximate surface area is 631 Å². The van der Waals surface area contributed by atoms with Crippen LogP contribution in [-0.2, 0) is 0 Å². The third-order valence-electron chi connectivity index (χ3n) is 21.0. The summed E-state index contributed by atoms with van der Waals surface area (Å²) >= 11 is 0. The van der Waals surface area contributed by atoms with Crippen molar-refractivity contribution in [1.29, 1.82) is 0 Å². The van der Waals surface area contributed by atoms with Crippen LogP contribution < -0.4 is 9.80 Å². The van der Waals surface area contributed by atoms with Gasteiger partial charge in [-0.2, -0.15) is 0 Å². The van der Waals surface area contributed by atoms with Gasteiger partial charge in [-0.1, -0.05) is 364 Å². The lowest BCUT2D eigenvalue weighted by atomic mass is 9.96. The van der Waals surface area contributed by atoms with Crippen molar-refractivity contribution in [2.24, 2.45) is 0 Å². The third kappa shape index (κ3) is 13.9. The molecular weight excluding hydrogens is 1300 g/mol. The van der Waals surface area contributed by atoms with E-state index in [0.29, 0.717) is 0 Å². The first-order chi connectivity index (χ1) is 53.5. The molecule has 19 rings (SSSR count). The zero-order valence-electron chi connectivity index (χ0n) is 59.6. The van der Waals surface area contributed by atoms with Gasteiger partial charge in [0.15, 0.2) is 0 Å². The fraction of sp³-hybridized carbons (Fsp3) is 0. The summed E-state index contributed by atoms with van der Waals surface area (Å²) in [6.45, 7) is 0. The van der Waals surface area contributed by atoms with Crippen molar-refractivity contribution in [2.75, 3.05) is 9.80 Å². The average Bonchev–Trinajstić information content (AvgIpc) is 0.805. The molecule has 0 fully saturated rings. The molecule has 0 spiro atoms. The Balaban J connectivity index is 0.000000153. The van der Waals surface area contributed by atoms with Gasteiger partial charge in [-0.3, -0.25) is 0 Å². The van der Waals surface area contributed by atoms with E-state index in [9.17, 15) is 0 Å². The zero-order valence-corrected chi connectivity index (χ0v) is 59.6. The van der Waals surface area contributed by atoms with Crippen molar-refractivity contribution in [1.82, 2.24) is 0 Å². The van der Waals surface area contributed by atoms with E-state index in [1.807, 2.05) is 0 Å². The molecule has 0 aromatic heterocycles. The molecular formula is C106H74N2. The summed E-state index contributed by atoms with van der Waals surface area (Å²) in [5.74, 6) is 0. The number of anilines is 6. The van der Waals surface area contributed by atoms with E-state index in [4.69, 9.17) is 0 Å². The molecule has 0 saturated heterocycles. The smallest absolute Gasteiger partial charge is 0.0462 e. The molecule has 0 amide bonds. The van der Waals surface area contributed by atoms with Crippen LogP contribution in [0.15, 0.2) is 449 Å². The Kier molecular flexibility index (Phi) is 18.2. The van der Waals surface area contributed by atoms with Crippen LogP contribution in [0, 0.1) is 0 Å². The van der Waals surface area contributed by atoms with Crippen LogP contribution in [0.2, 0.25) is 0 Å². The standard InChI is InChI=1S/C56H39N.C50H35N/c1-2-9-40(10-3-1)44-27-33-52(34-28-44)57(53-35-29-45(30-36-53)42-17-19-47(20-18-42)51-26-23-41-11-4-5-13-50(41)39-51)54-37-31-46(32-38-54)43-21-24-49(25-22-43)56-16-8-14-48-12-6-7-15-55(48)56;1-2-9-36(10-3-1)39-23-29-46(30-24-39)51(48-33-27-41(28-34-48)45-22-19-37-11-4-5-13-44(37)35-45)47-31-25-40(26-32-47)38-17-20-43(21-18-38)50-16-8-14-42-12-6-7-15-49(42)50/h1-39H;1-35H. The zero-order chi connectivity index (χ0) is 72.0. The lowest BCUT2D eigenvalue weighted by Crippen LogP contribution is -2.09. The maximum absolute atomic E-state index is 2.34. The molecule has 0 radical (unpaired) electrons. The molecule has 508 valence electrons. The van der Waals surface area contributed by atoms with Gasteiger partial charge < -0.3 is 9.80 Å². The first-order valence-corrected chi connectivity index (χ1v) is 37.1. The maximum atomic E-state index is 2.34. The quantitative estimate of drug-likeness (QED) is 0.101. The van der Waals surface area contributed by atoms with Crippen LogP contribution in [0.5, 0.6) is 0 Å². The summed E-state index contributed by atoms with van der Waals surface area (Å²) in [4.78, 5) is 4.68. The molecule has 0 aliphatic carbocycles. The lowest BCUT2D eigenvalue weighted by molar-refractivity contribution is 1.28. The van der Waals surface area contributed by atoms with Gasteiger partial charge in [-0.25, -0.2) is 0 Å². The highest BCUT2D eigenvalue weighted by Crippen LogP contribution is 2.42. The Bertz CT molecular complexity index is 6300. The molecule has 0 atom stereocenters. The Hall–Kier alpha value is -14.2. The van der Waals surface area contributed by atoms with Crippen LogP contribution in [0.1, 0.15) is 0 Å². The van der Waals surface area contributed by atoms with E-state index in [-0.39, 0.29) is 0 Å². The average molecular weight is 1380 g/mol. The normalized spacial score (nSPS) is 11.1. The molecule has 108 heavy (non-hydrogen) atoms. The summed E-state index contributed by atoms with van der Waals surface area (Å²) in [6, 6.07) is 162. The van der Waals surface area contributed by atoms with E-state index >= 15 is 0 Å². The molecule has 0 heterocycles. The van der Waals surface area contributed by atoms with Gasteiger partial charge in [-0.05, 0) is 228 Å². The first-order valence-electron chi connectivity index (χ1n) is 37.1. The maximum Gasteiger partial charge on any atom is 0.0462 e. The van der Waals surface area contributed by atoms with Gasteiger partial charge in [0.05, 0.1) is 0 Å². The molecule has 0 aliphatic rings. The second-order valence-corrected chi connectivity index (χ2v) is 27.6. The van der Waals surface area contributed by atoms with E-state index in [1.165, 1.54) is 143 Å². The van der Waals surface area contributed by atoms with Gasteiger partial charge in [0.2, 0.25) is 0 Å². The van der Waals surface area contributed by atoms with Crippen LogP contribution in [0.25, 0.3) is 143 Å². The summed E-state index contributed by atoms with van der Waals surface area (Å²) < 4.78 is 0. The fourth-order valence-electron chi connectivity index (χ4n) is 15.2. The van der Waals surface area contributed by atoms with E-state index in [1.54, 1.807) is 0 Å². The van der Waals surface area contributed by atoms with E-state index < -0.39 is 0 Å². The number of hydrogen-bond acceptors (Lipinski definition) is 2. The second-order valence-electron chi connectivity index (χ2n) is 27.6. The van der Waals surface area contributed by atoms with Crippen LogP contribution in [0.4, 0.5) is 34.1 Å². The Morgan fingerprint density at radius 3 is 0.593 bits per heavy atom. The molecule has 0 bridgehead atoms. The first kappa shape index (κ1) is 65.8. The minimum absolute atomic E-state index is 1.10. The summed E-state index contributed by atoms with van der Waals surface area (Å²) in [5, 5.41) is 10.1. The minimum atomic E-state index is 1.10.